The molecule has 8 aromatic carbocycles. The molecule has 92 heavy (non-hydrogen) atoms. The lowest BCUT2D eigenvalue weighted by Gasteiger charge is -2.09. The number of aromatic amines is 2. The Morgan fingerprint density at radius 2 is 0.457 bits per heavy atom. The zero-order valence-corrected chi connectivity index (χ0v) is 47.8. The second-order valence-corrected chi connectivity index (χ2v) is 22.4. The maximum absolute atomic E-state index is 13.7. The quantitative estimate of drug-likeness (QED) is 0.110. The van der Waals surface area contributed by atoms with Crippen LogP contribution in [0.25, 0.3) is 181 Å². The van der Waals surface area contributed by atoms with Gasteiger partial charge >= 0.3 is 23.3 Å². The van der Waals surface area contributed by atoms with Crippen molar-refractivity contribution in [3.63, 3.8) is 0 Å². The van der Waals surface area contributed by atoms with Crippen LogP contribution in [0.4, 0.5) is 0 Å². The lowest BCUT2D eigenvalue weighted by molar-refractivity contribution is -0.567. The predicted octanol–water partition coefficient (Wildman–Crippen LogP) is 13.1. The molecule has 0 spiro atoms. The van der Waals surface area contributed by atoms with Gasteiger partial charge < -0.3 is 30.8 Å². The molecule has 0 amide bonds. The fraction of sp³-hybridized carbons (Fsp3) is 0. The van der Waals surface area contributed by atoms with E-state index in [-0.39, 0.29) is 67.4 Å². The van der Waals surface area contributed by atoms with Gasteiger partial charge in [0.25, 0.3) is 0 Å². The van der Waals surface area contributed by atoms with Crippen molar-refractivity contribution >= 4 is 90.5 Å². The molecule has 20 nitrogen and oxygen atoms in total. The van der Waals surface area contributed by atoms with E-state index < -0.39 is 0 Å². The highest BCUT2D eigenvalue weighted by Crippen LogP contribution is 2.41. The normalized spacial score (nSPS) is 12.2. The molecule has 4 radical (unpaired) electrons. The second-order valence-electron chi connectivity index (χ2n) is 22.4. The number of nitrogens with one attached hydrogen (secondary N) is 2. The van der Waals surface area contributed by atoms with Crippen molar-refractivity contribution in [1.82, 2.24) is 38.9 Å². The van der Waals surface area contributed by atoms with Crippen molar-refractivity contribution in [2.75, 3.05) is 0 Å². The van der Waals surface area contributed by atoms with Crippen LogP contribution in [0, 0.1) is 20.8 Å². The molecule has 438 valence electrons. The van der Waals surface area contributed by atoms with Gasteiger partial charge in [0.1, 0.15) is 0 Å². The average molecular weight is 1200 g/mol. The smallest absolute Gasteiger partial charge is 0.337 e. The van der Waals surface area contributed by atoms with Gasteiger partial charge in [-0.25, -0.2) is 28.9 Å². The van der Waals surface area contributed by atoms with E-state index in [0.29, 0.717) is 149 Å². The molecule has 0 aliphatic carbocycles. The summed E-state index contributed by atoms with van der Waals surface area (Å²) in [6.45, 7) is 0. The lowest BCUT2D eigenvalue weighted by Crippen LogP contribution is -2.27. The summed E-state index contributed by atoms with van der Waals surface area (Å²) in [5.41, 5.74) is 13.4. The van der Waals surface area contributed by atoms with E-state index in [1.165, 1.54) is 0 Å². The van der Waals surface area contributed by atoms with Gasteiger partial charge in [-0.15, -0.1) is 0 Å². The summed E-state index contributed by atoms with van der Waals surface area (Å²) in [7, 11) is 0. The molecule has 2 aliphatic rings. The molecule has 0 saturated heterocycles. The van der Waals surface area contributed by atoms with Gasteiger partial charge in [0.05, 0.1) is 45.0 Å². The van der Waals surface area contributed by atoms with Gasteiger partial charge in [0.15, 0.2) is 22.1 Å². The molecule has 17 rings (SSSR count). The van der Waals surface area contributed by atoms with Crippen molar-refractivity contribution in [2.24, 2.45) is 0 Å². The molecule has 15 aromatic rings. The summed E-state index contributed by atoms with van der Waals surface area (Å²) in [4.78, 5) is 18.3. The highest BCUT2D eigenvalue weighted by atomic mass is 16.5. The Labute approximate surface area is 518 Å². The van der Waals surface area contributed by atoms with E-state index in [2.05, 4.69) is 9.97 Å². The van der Waals surface area contributed by atoms with Crippen LogP contribution in [0.1, 0.15) is 22.8 Å². The lowest BCUT2D eigenvalue weighted by atomic mass is 10.0. The summed E-state index contributed by atoms with van der Waals surface area (Å²) in [5.74, 6) is -0.331. The van der Waals surface area contributed by atoms with E-state index in [1.54, 1.807) is 146 Å². The monoisotopic (exact) mass is 1200 g/mol. The molecule has 0 saturated carbocycles. The fourth-order valence-electron chi connectivity index (χ4n) is 13.0. The third kappa shape index (κ3) is 7.96. The summed E-state index contributed by atoms with van der Waals surface area (Å²) >= 11 is 0. The number of rotatable bonds is 8. The Hall–Kier alpha value is -13.4. The fourth-order valence-corrected chi connectivity index (χ4v) is 13.0. The van der Waals surface area contributed by atoms with E-state index in [4.69, 9.17) is 9.97 Å². The van der Waals surface area contributed by atoms with Gasteiger partial charge in [-0.2, -0.15) is 0 Å². The number of benzene rings is 8. The maximum Gasteiger partial charge on any atom is 0.337 e. The highest BCUT2D eigenvalue weighted by molar-refractivity contribution is 6.00. The van der Waals surface area contributed by atoms with E-state index in [0.717, 1.165) is 0 Å². The first kappa shape index (κ1) is 52.9. The number of nitrogens with zero attached hydrogens (tertiary/aromatic N) is 10. The number of H-pyrrole nitrogens is 2. The largest absolute Gasteiger partial charge is 0.710 e. The van der Waals surface area contributed by atoms with E-state index in [1.807, 2.05) is 97.1 Å². The summed E-state index contributed by atoms with van der Waals surface area (Å²) in [6.07, 6.45) is 7.63. The van der Waals surface area contributed by atoms with Gasteiger partial charge in [-0.3, -0.25) is 0 Å². The SMILES string of the molecule is [O]n1c(-c2ccc(-c3c4nc(c(-c5ccc(-c6n([O])c7ccccc7[n+]6[O-])cc5)c5ccc([nH]5)c(-c5ccc(-c6n([O])c7ccccc7[n+]6[O-])cc5)c5nc(c(-c6ccc(-c7n([O])c8ccccc8[n+]7[O-])cc6)c6ccc3[nH]6)C=C5)C=C4)cc2)[n+]([O-])c2ccccc21. The van der Waals surface area contributed by atoms with Gasteiger partial charge in [-0.05, 0) is 168 Å². The minimum absolute atomic E-state index is 0.0828. The third-order valence-corrected chi connectivity index (χ3v) is 17.3. The number of aromatic nitrogens is 12. The average Bonchev–Trinajstić information content (AvgIpc) is 1.68. The summed E-state index contributed by atoms with van der Waals surface area (Å²) < 4.78 is 5.08. The van der Waals surface area contributed by atoms with Gasteiger partial charge in [-0.1, -0.05) is 118 Å². The van der Waals surface area contributed by atoms with Crippen LogP contribution >= 0.6 is 0 Å². The standard InChI is InChI=1S/C72H42N12O8/c85-77-57-9-1-2-10-58(57)78(86)69(77)45-25-17-41(18-26-45)65-49-33-35-51(73-49)66(42-19-27-46(28-20-42)70-79(87)59-11-3-4-12-60(59)80(70)88)53-37-39-55(75-53)68(44-23-31-48(32-24-44)72-83(91)63-15-7-8-16-64(63)84(72)92)56-40-38-54(76-56)67(52-36-34-50(65)74-52)43-21-29-47(30-22-43)71-81(89)61-13-5-6-14-62(61)82(71)90/h1-40,73,76H. The minimum atomic E-state index is -0.0828. The van der Waals surface area contributed by atoms with Crippen molar-refractivity contribution < 1.29 is 39.8 Å². The summed E-state index contributed by atoms with van der Waals surface area (Å²) in [6, 6.07) is 62.7. The molecule has 9 heterocycles. The van der Waals surface area contributed by atoms with Crippen LogP contribution in [-0.4, -0.2) is 38.9 Å². The van der Waals surface area contributed by atoms with Crippen molar-refractivity contribution in [1.29, 1.82) is 0 Å². The van der Waals surface area contributed by atoms with E-state index >= 15 is 0 Å². The molecule has 2 aliphatic heterocycles. The summed E-state index contributed by atoms with van der Waals surface area (Å²) in [5, 5.41) is 110. The van der Waals surface area contributed by atoms with Crippen molar-refractivity contribution in [3.8, 4) is 90.1 Å². The Kier molecular flexibility index (Phi) is 11.6. The van der Waals surface area contributed by atoms with Crippen molar-refractivity contribution in [3.05, 3.63) is 262 Å². The molecule has 0 atom stereocenters. The predicted molar refractivity (Wildman–Crippen MR) is 345 cm³/mol. The Balaban J connectivity index is 0.915. The first-order valence-electron chi connectivity index (χ1n) is 29.2. The molecular formula is C72H42N12O8. The van der Waals surface area contributed by atoms with Crippen LogP contribution in [-0.2, 0) is 20.8 Å². The molecular weight excluding hydrogens is 1160 g/mol. The molecule has 0 fully saturated rings. The van der Waals surface area contributed by atoms with Crippen molar-refractivity contribution in [2.45, 2.75) is 0 Å². The Morgan fingerprint density at radius 3 is 0.663 bits per heavy atom. The zero-order chi connectivity index (χ0) is 62.2. The maximum atomic E-state index is 13.7. The molecule has 8 bridgehead atoms. The molecule has 0 unspecified atom stereocenters. The number of imidazole rings is 4. The third-order valence-electron chi connectivity index (χ3n) is 17.3. The van der Waals surface area contributed by atoms with Gasteiger partial charge in [0, 0.05) is 63.2 Å². The zero-order valence-electron chi connectivity index (χ0n) is 47.8. The number of fused-ring (bicyclic) bond motifs is 12. The van der Waals surface area contributed by atoms with Crippen LogP contribution in [0.5, 0.6) is 0 Å². The Morgan fingerprint density at radius 1 is 0.261 bits per heavy atom. The number of para-hydroxylation sites is 8. The molecule has 7 aromatic heterocycles. The Bertz CT molecular complexity index is 4990. The van der Waals surface area contributed by atoms with Crippen LogP contribution in [0.2, 0.25) is 0 Å². The highest BCUT2D eigenvalue weighted by Gasteiger charge is 2.30. The van der Waals surface area contributed by atoms with E-state index in [9.17, 15) is 41.7 Å². The first-order chi connectivity index (χ1) is 44.9. The number of hydrogen-bond donors (Lipinski definition) is 2. The molecule has 20 heteroatoms. The topological polar surface area (TPSA) is 264 Å². The van der Waals surface area contributed by atoms with Gasteiger partial charge in [0.2, 0.25) is 22.1 Å². The molecule has 2 N–H and O–H groups in total. The van der Waals surface area contributed by atoms with Crippen LogP contribution < -0.4 is 18.9 Å². The minimum Gasteiger partial charge on any atom is -0.710 e. The first-order valence-corrected chi connectivity index (χ1v) is 29.2. The number of hydrogen-bond acceptors (Lipinski definition) is 6. The van der Waals surface area contributed by atoms with Crippen LogP contribution in [0.3, 0.4) is 0 Å². The second kappa shape index (κ2) is 20.1. The van der Waals surface area contributed by atoms with Crippen LogP contribution in [0.15, 0.2) is 218 Å².